The molecule has 0 spiro atoms. The van der Waals surface area contributed by atoms with E-state index in [-0.39, 0.29) is 5.69 Å². The molecule has 0 amide bonds. The van der Waals surface area contributed by atoms with Crippen molar-refractivity contribution in [3.05, 3.63) is 69.0 Å². The van der Waals surface area contributed by atoms with Crippen LogP contribution in [0.4, 0.5) is 5.69 Å². The van der Waals surface area contributed by atoms with E-state index < -0.39 is 4.92 Å². The lowest BCUT2D eigenvalue weighted by Crippen LogP contribution is -1.96. The molecule has 3 rings (SSSR count). The van der Waals surface area contributed by atoms with Gasteiger partial charge in [-0.25, -0.2) is 4.98 Å². The van der Waals surface area contributed by atoms with Crippen LogP contribution in [0.1, 0.15) is 11.4 Å². The van der Waals surface area contributed by atoms with Crippen molar-refractivity contribution in [2.45, 2.75) is 5.88 Å². The van der Waals surface area contributed by atoms with Crippen LogP contribution in [0.3, 0.4) is 0 Å². The number of halogens is 1. The minimum Gasteiger partial charge on any atom is -0.315 e. The molecule has 0 aliphatic carbocycles. The number of non-ortho nitro benzene ring substituents is 1. The summed E-state index contributed by atoms with van der Waals surface area (Å²) in [6.45, 7) is 0. The molecule has 24 heavy (non-hydrogen) atoms. The Kier molecular flexibility index (Phi) is 4.87. The molecular weight excluding hydrogens is 346 g/mol. The van der Waals surface area contributed by atoms with E-state index in [9.17, 15) is 10.1 Å². The minimum atomic E-state index is -0.434. The molecule has 0 aliphatic heterocycles. The maximum Gasteiger partial charge on any atom is 0.270 e. The summed E-state index contributed by atoms with van der Waals surface area (Å²) in [6.07, 6.45) is 5.62. The van der Waals surface area contributed by atoms with Gasteiger partial charge in [0.1, 0.15) is 5.82 Å². The average molecular weight is 360 g/mol. The molecule has 0 aliphatic rings. The van der Waals surface area contributed by atoms with E-state index in [4.69, 9.17) is 11.6 Å². The van der Waals surface area contributed by atoms with Gasteiger partial charge in [-0.05, 0) is 42.2 Å². The van der Waals surface area contributed by atoms with Gasteiger partial charge in [0, 0.05) is 17.2 Å². The van der Waals surface area contributed by atoms with Crippen LogP contribution in [-0.4, -0.2) is 20.7 Å². The number of aromatic nitrogens is 2. The molecule has 2 aromatic carbocycles. The van der Waals surface area contributed by atoms with E-state index in [1.54, 1.807) is 17.8 Å². The first-order valence-electron chi connectivity index (χ1n) is 7.16. The first kappa shape index (κ1) is 16.5. The van der Waals surface area contributed by atoms with Crippen LogP contribution in [0.15, 0.2) is 42.5 Å². The predicted octanol–water partition coefficient (Wildman–Crippen LogP) is 5.09. The van der Waals surface area contributed by atoms with Crippen LogP contribution in [-0.2, 0) is 5.88 Å². The second kappa shape index (κ2) is 7.07. The third-order valence-corrected chi connectivity index (χ3v) is 4.41. The van der Waals surface area contributed by atoms with Crippen molar-refractivity contribution >= 4 is 52.2 Å². The van der Waals surface area contributed by atoms with Crippen molar-refractivity contribution in [3.63, 3.8) is 0 Å². The van der Waals surface area contributed by atoms with E-state index in [0.29, 0.717) is 10.6 Å². The van der Waals surface area contributed by atoms with E-state index in [1.807, 2.05) is 36.6 Å². The molecule has 0 fully saturated rings. The fraction of sp³-hybridized carbons (Fsp3) is 0.118. The van der Waals surface area contributed by atoms with Gasteiger partial charge in [-0.3, -0.25) is 10.1 Å². The number of hydrogen-bond acceptors (Lipinski definition) is 4. The van der Waals surface area contributed by atoms with Gasteiger partial charge < -0.3 is 4.57 Å². The van der Waals surface area contributed by atoms with Gasteiger partial charge in [0.2, 0.25) is 0 Å². The summed E-state index contributed by atoms with van der Waals surface area (Å²) >= 11 is 7.83. The zero-order valence-corrected chi connectivity index (χ0v) is 14.4. The first-order chi connectivity index (χ1) is 11.6. The number of nitro groups is 1. The van der Waals surface area contributed by atoms with Crippen molar-refractivity contribution < 1.29 is 4.92 Å². The largest absolute Gasteiger partial charge is 0.315 e. The number of para-hydroxylation sites is 2. The Balaban J connectivity index is 2.03. The minimum absolute atomic E-state index is 0.0108. The molecular formula is C17H14ClN3O2S. The molecule has 122 valence electrons. The normalized spacial score (nSPS) is 11.4. The van der Waals surface area contributed by atoms with Crippen LogP contribution >= 0.6 is 23.4 Å². The topological polar surface area (TPSA) is 61.0 Å². The lowest BCUT2D eigenvalue weighted by atomic mass is 10.2. The van der Waals surface area contributed by atoms with Gasteiger partial charge in [-0.1, -0.05) is 23.7 Å². The Morgan fingerprint density at radius 1 is 1.29 bits per heavy atom. The third-order valence-electron chi connectivity index (χ3n) is 3.54. The van der Waals surface area contributed by atoms with Crippen molar-refractivity contribution in [2.75, 3.05) is 6.26 Å². The second-order valence-electron chi connectivity index (χ2n) is 5.10. The molecule has 5 nitrogen and oxygen atoms in total. The molecule has 1 aromatic heterocycles. The molecule has 1 heterocycles. The van der Waals surface area contributed by atoms with Crippen molar-refractivity contribution in [3.8, 4) is 0 Å². The molecule has 0 unspecified atom stereocenters. The Morgan fingerprint density at radius 2 is 2.08 bits per heavy atom. The number of fused-ring (bicyclic) bond motifs is 1. The van der Waals surface area contributed by atoms with Gasteiger partial charge in [0.15, 0.2) is 0 Å². The first-order valence-corrected chi connectivity index (χ1v) is 8.93. The Hall–Kier alpha value is -2.31. The zero-order valence-electron chi connectivity index (χ0n) is 12.8. The molecule has 0 atom stereocenters. The summed E-state index contributed by atoms with van der Waals surface area (Å²) < 4.78 is 2.10. The maximum atomic E-state index is 10.9. The molecule has 0 N–H and O–H groups in total. The summed E-state index contributed by atoms with van der Waals surface area (Å²) in [7, 11) is 0. The van der Waals surface area contributed by atoms with E-state index in [2.05, 4.69) is 9.55 Å². The highest BCUT2D eigenvalue weighted by Gasteiger charge is 2.10. The Morgan fingerprint density at radius 3 is 2.83 bits per heavy atom. The number of hydrogen-bond donors (Lipinski definition) is 0. The van der Waals surface area contributed by atoms with Crippen molar-refractivity contribution in [1.29, 1.82) is 0 Å². The molecule has 7 heteroatoms. The van der Waals surface area contributed by atoms with Crippen molar-refractivity contribution in [1.82, 2.24) is 9.55 Å². The zero-order chi connectivity index (χ0) is 17.1. The quantitative estimate of drug-likeness (QED) is 0.470. The Bertz CT molecular complexity index is 937. The monoisotopic (exact) mass is 359 g/mol. The molecule has 3 aromatic rings. The van der Waals surface area contributed by atoms with Gasteiger partial charge >= 0.3 is 0 Å². The van der Waals surface area contributed by atoms with Crippen LogP contribution < -0.4 is 0 Å². The lowest BCUT2D eigenvalue weighted by Gasteiger charge is -2.04. The predicted molar refractivity (Wildman–Crippen MR) is 100 cm³/mol. The standard InChI is InChI=1S/C17H14ClN3O2S/c1-24-11-20-16-5-3-2-4-15(16)19-17(20)9-6-12-10-13(21(22)23)7-8-14(12)18/h2-10H,11H2,1H3/b9-6+. The van der Waals surface area contributed by atoms with Crippen LogP contribution in [0.25, 0.3) is 23.2 Å². The van der Waals surface area contributed by atoms with Gasteiger partial charge in [0.25, 0.3) is 5.69 Å². The smallest absolute Gasteiger partial charge is 0.270 e. The second-order valence-corrected chi connectivity index (χ2v) is 6.34. The molecule has 0 radical (unpaired) electrons. The van der Waals surface area contributed by atoms with E-state index in [1.165, 1.54) is 18.2 Å². The summed E-state index contributed by atoms with van der Waals surface area (Å²) in [6, 6.07) is 12.3. The fourth-order valence-corrected chi connectivity index (χ4v) is 3.13. The highest BCUT2D eigenvalue weighted by atomic mass is 35.5. The number of imidazole rings is 1. The number of rotatable bonds is 5. The number of benzene rings is 2. The molecule has 0 saturated heterocycles. The third kappa shape index (κ3) is 3.29. The van der Waals surface area contributed by atoms with Crippen molar-refractivity contribution in [2.24, 2.45) is 0 Å². The highest BCUT2D eigenvalue weighted by molar-refractivity contribution is 7.97. The van der Waals surface area contributed by atoms with Gasteiger partial charge in [0.05, 0.1) is 21.8 Å². The maximum absolute atomic E-state index is 10.9. The molecule has 0 saturated carbocycles. The van der Waals surface area contributed by atoms with Crippen LogP contribution in [0, 0.1) is 10.1 Å². The van der Waals surface area contributed by atoms with E-state index in [0.717, 1.165) is 22.7 Å². The summed E-state index contributed by atoms with van der Waals surface area (Å²) in [5.41, 5.74) is 2.57. The van der Waals surface area contributed by atoms with Gasteiger partial charge in [-0.2, -0.15) is 0 Å². The van der Waals surface area contributed by atoms with E-state index >= 15 is 0 Å². The van der Waals surface area contributed by atoms with Crippen LogP contribution in [0.2, 0.25) is 5.02 Å². The lowest BCUT2D eigenvalue weighted by molar-refractivity contribution is -0.384. The summed E-state index contributed by atoms with van der Waals surface area (Å²) in [5, 5.41) is 11.4. The summed E-state index contributed by atoms with van der Waals surface area (Å²) in [4.78, 5) is 15.1. The SMILES string of the molecule is CSCn1c(/C=C/c2cc([N+](=O)[O-])ccc2Cl)nc2ccccc21. The highest BCUT2D eigenvalue weighted by Crippen LogP contribution is 2.25. The average Bonchev–Trinajstić information content (AvgIpc) is 2.92. The molecule has 0 bridgehead atoms. The Labute approximate surface area is 148 Å². The number of nitro benzene ring substituents is 1. The number of nitrogens with zero attached hydrogens (tertiary/aromatic N) is 3. The van der Waals surface area contributed by atoms with Crippen LogP contribution in [0.5, 0.6) is 0 Å². The summed E-state index contributed by atoms with van der Waals surface area (Å²) in [5.74, 6) is 1.55. The van der Waals surface area contributed by atoms with Gasteiger partial charge in [-0.15, -0.1) is 11.8 Å². The fourth-order valence-electron chi connectivity index (χ4n) is 2.42. The number of thioether (sulfide) groups is 1.